The van der Waals surface area contributed by atoms with E-state index in [0.29, 0.717) is 17.8 Å². The number of thioether (sulfide) groups is 1. The van der Waals surface area contributed by atoms with Crippen molar-refractivity contribution >= 4 is 39.1 Å². The molecule has 0 saturated carbocycles. The summed E-state index contributed by atoms with van der Waals surface area (Å²) in [6.07, 6.45) is 3.41. The first-order chi connectivity index (χ1) is 12.3. The first kappa shape index (κ1) is 20.3. The molecular weight excluding hydrogens is 368 g/mol. The highest BCUT2D eigenvalue weighted by Gasteiger charge is 2.31. The van der Waals surface area contributed by atoms with Crippen LogP contribution in [0.5, 0.6) is 0 Å². The highest BCUT2D eigenvalue weighted by molar-refractivity contribution is 7.98. The predicted octanol–water partition coefficient (Wildman–Crippen LogP) is 3.90. The Balaban J connectivity index is 2.40. The Labute approximate surface area is 159 Å². The predicted molar refractivity (Wildman–Crippen MR) is 109 cm³/mol. The summed E-state index contributed by atoms with van der Waals surface area (Å²) in [6.45, 7) is 3.69. The Morgan fingerprint density at radius 1 is 1.19 bits per heavy atom. The van der Waals surface area contributed by atoms with E-state index in [4.69, 9.17) is 0 Å². The van der Waals surface area contributed by atoms with Gasteiger partial charge in [0, 0.05) is 4.90 Å². The third kappa shape index (κ3) is 4.80. The lowest BCUT2D eigenvalue weighted by molar-refractivity contribution is -0.117. The van der Waals surface area contributed by atoms with Crippen molar-refractivity contribution in [3.8, 4) is 0 Å². The van der Waals surface area contributed by atoms with Crippen LogP contribution in [-0.2, 0) is 14.8 Å². The molecule has 2 aromatic rings. The Kier molecular flexibility index (Phi) is 6.72. The lowest BCUT2D eigenvalue weighted by Gasteiger charge is -2.30. The molecule has 1 amide bonds. The van der Waals surface area contributed by atoms with Crippen LogP contribution in [-0.4, -0.2) is 32.9 Å². The second kappa shape index (κ2) is 8.60. The fourth-order valence-electron chi connectivity index (χ4n) is 2.79. The van der Waals surface area contributed by atoms with Crippen molar-refractivity contribution in [3.63, 3.8) is 0 Å². The van der Waals surface area contributed by atoms with Gasteiger partial charge in [0.2, 0.25) is 15.9 Å². The minimum Gasteiger partial charge on any atom is -0.323 e. The van der Waals surface area contributed by atoms with Gasteiger partial charge in [-0.3, -0.25) is 9.10 Å². The molecule has 0 aromatic heterocycles. The Bertz CT molecular complexity index is 882. The van der Waals surface area contributed by atoms with Gasteiger partial charge in [-0.1, -0.05) is 31.2 Å². The summed E-state index contributed by atoms with van der Waals surface area (Å²) in [5, 5.41) is 2.88. The van der Waals surface area contributed by atoms with E-state index in [1.54, 1.807) is 25.1 Å². The van der Waals surface area contributed by atoms with Gasteiger partial charge in [0.1, 0.15) is 6.04 Å². The molecule has 26 heavy (non-hydrogen) atoms. The quantitative estimate of drug-likeness (QED) is 0.726. The van der Waals surface area contributed by atoms with E-state index in [-0.39, 0.29) is 5.91 Å². The monoisotopic (exact) mass is 392 g/mol. The minimum atomic E-state index is -3.63. The van der Waals surface area contributed by atoms with Crippen LogP contribution in [0.25, 0.3) is 0 Å². The summed E-state index contributed by atoms with van der Waals surface area (Å²) in [6, 6.07) is 13.8. The molecule has 1 atom stereocenters. The Morgan fingerprint density at radius 3 is 2.46 bits per heavy atom. The average molecular weight is 393 g/mol. The van der Waals surface area contributed by atoms with Crippen molar-refractivity contribution in [1.29, 1.82) is 0 Å². The second-order valence-corrected chi connectivity index (χ2v) is 8.72. The number of aryl methyl sites for hydroxylation is 1. The van der Waals surface area contributed by atoms with E-state index in [9.17, 15) is 13.2 Å². The van der Waals surface area contributed by atoms with Crippen LogP contribution in [0.3, 0.4) is 0 Å². The fraction of sp³-hybridized carbons (Fsp3) is 0.316. The molecule has 0 radical (unpaired) electrons. The number of benzene rings is 2. The van der Waals surface area contributed by atoms with Crippen LogP contribution in [0, 0.1) is 6.92 Å². The van der Waals surface area contributed by atoms with Gasteiger partial charge in [-0.25, -0.2) is 8.42 Å². The van der Waals surface area contributed by atoms with Gasteiger partial charge in [0.05, 0.1) is 17.6 Å². The zero-order valence-corrected chi connectivity index (χ0v) is 17.0. The lowest BCUT2D eigenvalue weighted by atomic mass is 10.1. The van der Waals surface area contributed by atoms with Crippen molar-refractivity contribution in [2.45, 2.75) is 31.2 Å². The Hall–Kier alpha value is -1.99. The number of nitrogens with zero attached hydrogens (tertiary/aromatic N) is 1. The first-order valence-corrected chi connectivity index (χ1v) is 11.3. The van der Waals surface area contributed by atoms with E-state index in [1.807, 2.05) is 43.5 Å². The average Bonchev–Trinajstić information content (AvgIpc) is 2.58. The van der Waals surface area contributed by atoms with E-state index in [0.717, 1.165) is 16.7 Å². The molecule has 0 aliphatic rings. The fourth-order valence-corrected chi connectivity index (χ4v) is 4.55. The molecule has 0 saturated heterocycles. The number of rotatable bonds is 7. The zero-order valence-electron chi connectivity index (χ0n) is 15.4. The highest BCUT2D eigenvalue weighted by atomic mass is 32.2. The number of carbonyl (C=O) groups excluding carboxylic acids is 1. The standard InChI is InChI=1S/C19H24N2O3S2/c1-5-17(19(22)20-16-11-6-7-12-18(16)25-3)21(26(4,23)24)15-10-8-9-14(2)13-15/h6-13,17H,5H2,1-4H3,(H,20,22)/t17-/m1/s1. The summed E-state index contributed by atoms with van der Waals surface area (Å²) in [5.74, 6) is -0.346. The topological polar surface area (TPSA) is 66.5 Å². The molecule has 5 nitrogen and oxygen atoms in total. The van der Waals surface area contributed by atoms with Crippen molar-refractivity contribution < 1.29 is 13.2 Å². The molecule has 140 valence electrons. The molecule has 2 aromatic carbocycles. The van der Waals surface area contributed by atoms with Crippen molar-refractivity contribution in [2.24, 2.45) is 0 Å². The summed E-state index contributed by atoms with van der Waals surface area (Å²) in [5.41, 5.74) is 2.10. The SMILES string of the molecule is CC[C@H](C(=O)Nc1ccccc1SC)N(c1cccc(C)c1)S(C)(=O)=O. The minimum absolute atomic E-state index is 0.346. The molecule has 0 heterocycles. The number of hydrogen-bond donors (Lipinski definition) is 1. The molecule has 0 fully saturated rings. The summed E-state index contributed by atoms with van der Waals surface area (Å²) in [4.78, 5) is 13.9. The van der Waals surface area contributed by atoms with Crippen LogP contribution in [0.2, 0.25) is 0 Å². The van der Waals surface area contributed by atoms with Gasteiger partial charge in [0.25, 0.3) is 0 Å². The van der Waals surface area contributed by atoms with E-state index >= 15 is 0 Å². The van der Waals surface area contributed by atoms with E-state index < -0.39 is 16.1 Å². The summed E-state index contributed by atoms with van der Waals surface area (Å²) in [7, 11) is -3.63. The number of carbonyl (C=O) groups is 1. The molecule has 0 aliphatic heterocycles. The van der Waals surface area contributed by atoms with Gasteiger partial charge in [-0.2, -0.15) is 0 Å². The number of anilines is 2. The van der Waals surface area contributed by atoms with Crippen LogP contribution >= 0.6 is 11.8 Å². The smallest absolute Gasteiger partial charge is 0.248 e. The summed E-state index contributed by atoms with van der Waals surface area (Å²) >= 11 is 1.52. The highest BCUT2D eigenvalue weighted by Crippen LogP contribution is 2.27. The van der Waals surface area contributed by atoms with E-state index in [1.165, 1.54) is 16.1 Å². The second-order valence-electron chi connectivity index (χ2n) is 6.01. The van der Waals surface area contributed by atoms with Gasteiger partial charge in [-0.15, -0.1) is 11.8 Å². The first-order valence-electron chi connectivity index (χ1n) is 8.28. The maximum Gasteiger partial charge on any atom is 0.248 e. The number of sulfonamides is 1. The number of amides is 1. The largest absolute Gasteiger partial charge is 0.323 e. The van der Waals surface area contributed by atoms with Crippen LogP contribution < -0.4 is 9.62 Å². The molecular formula is C19H24N2O3S2. The normalized spacial score (nSPS) is 12.5. The van der Waals surface area contributed by atoms with Crippen molar-refractivity contribution in [1.82, 2.24) is 0 Å². The van der Waals surface area contributed by atoms with Crippen LogP contribution in [0.15, 0.2) is 53.4 Å². The maximum absolute atomic E-state index is 12.9. The molecule has 0 unspecified atom stereocenters. The van der Waals surface area contributed by atoms with E-state index in [2.05, 4.69) is 5.32 Å². The summed E-state index contributed by atoms with van der Waals surface area (Å²) < 4.78 is 26.1. The molecule has 0 spiro atoms. The van der Waals surface area contributed by atoms with Gasteiger partial charge >= 0.3 is 0 Å². The molecule has 1 N–H and O–H groups in total. The van der Waals surface area contributed by atoms with Crippen molar-refractivity contribution in [2.75, 3.05) is 22.1 Å². The van der Waals surface area contributed by atoms with Crippen molar-refractivity contribution in [3.05, 3.63) is 54.1 Å². The molecule has 2 rings (SSSR count). The zero-order chi connectivity index (χ0) is 19.3. The third-order valence-corrected chi connectivity index (χ3v) is 5.93. The van der Waals surface area contributed by atoms with Crippen LogP contribution in [0.4, 0.5) is 11.4 Å². The molecule has 0 aliphatic carbocycles. The van der Waals surface area contributed by atoms with Gasteiger partial charge in [-0.05, 0) is 49.4 Å². The molecule has 0 bridgehead atoms. The number of para-hydroxylation sites is 1. The van der Waals surface area contributed by atoms with Gasteiger partial charge < -0.3 is 5.32 Å². The lowest BCUT2D eigenvalue weighted by Crippen LogP contribution is -2.47. The number of nitrogens with one attached hydrogen (secondary N) is 1. The number of hydrogen-bond acceptors (Lipinski definition) is 4. The third-order valence-electron chi connectivity index (χ3n) is 3.95. The Morgan fingerprint density at radius 2 is 1.88 bits per heavy atom. The van der Waals surface area contributed by atoms with Gasteiger partial charge in [0.15, 0.2) is 0 Å². The van der Waals surface area contributed by atoms with Crippen LogP contribution in [0.1, 0.15) is 18.9 Å². The molecule has 7 heteroatoms. The maximum atomic E-state index is 12.9.